The van der Waals surface area contributed by atoms with E-state index in [1.54, 1.807) is 0 Å². The van der Waals surface area contributed by atoms with Crippen LogP contribution in [0.1, 0.15) is 64.2 Å². The van der Waals surface area contributed by atoms with Crippen LogP contribution in [-0.2, 0) is 14.9 Å². The van der Waals surface area contributed by atoms with Gasteiger partial charge in [0.15, 0.2) is 0 Å². The van der Waals surface area contributed by atoms with Crippen LogP contribution in [0.25, 0.3) is 0 Å². The summed E-state index contributed by atoms with van der Waals surface area (Å²) in [6, 6.07) is 0.233. The van der Waals surface area contributed by atoms with Crippen LogP contribution in [0, 0.1) is 11.8 Å². The lowest BCUT2D eigenvalue weighted by Gasteiger charge is -2.32. The number of alkyl halides is 2. The van der Waals surface area contributed by atoms with Crippen LogP contribution in [0.4, 0.5) is 8.78 Å². The first-order valence-electron chi connectivity index (χ1n) is 8.34. The Morgan fingerprint density at radius 1 is 1.04 bits per heavy atom. The lowest BCUT2D eigenvalue weighted by Crippen LogP contribution is -2.40. The lowest BCUT2D eigenvalue weighted by molar-refractivity contribution is -0.123. The summed E-state index contributed by atoms with van der Waals surface area (Å²) in [6.07, 6.45) is 6.54. The van der Waals surface area contributed by atoms with Crippen molar-refractivity contribution in [3.05, 3.63) is 0 Å². The van der Waals surface area contributed by atoms with Gasteiger partial charge in [0, 0.05) is 18.4 Å². The highest BCUT2D eigenvalue weighted by atomic mass is 32.2. The molecule has 0 unspecified atom stereocenters. The highest BCUT2D eigenvalue weighted by Crippen LogP contribution is 2.42. The van der Waals surface area contributed by atoms with Gasteiger partial charge in [0.2, 0.25) is 5.91 Å². The molecule has 0 radical (unpaired) electrons. The zero-order chi connectivity index (χ0) is 17.1. The molecule has 1 amide bonds. The van der Waals surface area contributed by atoms with Gasteiger partial charge in [-0.25, -0.2) is 0 Å². The van der Waals surface area contributed by atoms with E-state index < -0.39 is 21.3 Å². The number of rotatable bonds is 5. The Morgan fingerprint density at radius 3 is 2.13 bits per heavy atom. The van der Waals surface area contributed by atoms with Crippen LogP contribution in [-0.4, -0.2) is 30.2 Å². The van der Waals surface area contributed by atoms with E-state index in [0.717, 1.165) is 25.7 Å². The Kier molecular flexibility index (Phi) is 5.99. The predicted molar refractivity (Wildman–Crippen MR) is 81.6 cm³/mol. The first kappa shape index (κ1) is 18.6. The molecule has 134 valence electrons. The molecule has 23 heavy (non-hydrogen) atoms. The maximum atomic E-state index is 13.6. The van der Waals surface area contributed by atoms with Crippen molar-refractivity contribution in [2.24, 2.45) is 11.8 Å². The van der Waals surface area contributed by atoms with E-state index in [4.69, 9.17) is 4.55 Å². The zero-order valence-electron chi connectivity index (χ0n) is 13.1. The van der Waals surface area contributed by atoms with Gasteiger partial charge in [0.05, 0.1) is 0 Å². The normalized spacial score (nSPS) is 27.6. The van der Waals surface area contributed by atoms with Crippen molar-refractivity contribution in [3.8, 4) is 0 Å². The molecule has 0 atom stereocenters. The topological polar surface area (TPSA) is 83.5 Å². The van der Waals surface area contributed by atoms with Crippen molar-refractivity contribution in [2.75, 3.05) is 0 Å². The molecule has 2 aliphatic rings. The predicted octanol–water partition coefficient (Wildman–Crippen LogP) is 3.11. The molecule has 0 aromatic carbocycles. The van der Waals surface area contributed by atoms with Crippen molar-refractivity contribution in [1.29, 1.82) is 0 Å². The van der Waals surface area contributed by atoms with E-state index in [0.29, 0.717) is 19.3 Å². The molecule has 2 fully saturated rings. The number of hydrogen-bond donors (Lipinski definition) is 2. The third-order valence-corrected chi connectivity index (χ3v) is 6.13. The second-order valence-corrected chi connectivity index (χ2v) is 8.36. The van der Waals surface area contributed by atoms with E-state index in [2.05, 4.69) is 5.32 Å². The number of amides is 1. The van der Waals surface area contributed by atoms with Crippen molar-refractivity contribution in [1.82, 2.24) is 5.32 Å². The summed E-state index contributed by atoms with van der Waals surface area (Å²) in [7, 11) is -5.37. The van der Waals surface area contributed by atoms with Crippen LogP contribution < -0.4 is 5.32 Å². The molecule has 5 nitrogen and oxygen atoms in total. The number of halogens is 2. The third kappa shape index (κ3) is 4.86. The molecule has 0 aromatic heterocycles. The van der Waals surface area contributed by atoms with Crippen LogP contribution in [0.15, 0.2) is 0 Å². The summed E-state index contributed by atoms with van der Waals surface area (Å²) in [5, 5.41) is -1.09. The van der Waals surface area contributed by atoms with E-state index >= 15 is 0 Å². The van der Waals surface area contributed by atoms with Crippen molar-refractivity contribution < 1.29 is 26.5 Å². The molecular weight excluding hydrogens is 328 g/mol. The van der Waals surface area contributed by atoms with Gasteiger partial charge in [-0.1, -0.05) is 19.3 Å². The van der Waals surface area contributed by atoms with Gasteiger partial charge >= 0.3 is 15.4 Å². The maximum Gasteiger partial charge on any atom is 0.372 e. The van der Waals surface area contributed by atoms with Crippen molar-refractivity contribution >= 4 is 16.0 Å². The molecular formula is C15H25F2NO4S. The Balaban J connectivity index is 1.77. The van der Waals surface area contributed by atoms with Crippen LogP contribution >= 0.6 is 0 Å². The molecule has 0 spiro atoms. The second-order valence-electron chi connectivity index (χ2n) is 6.86. The minimum Gasteiger partial charge on any atom is -0.353 e. The van der Waals surface area contributed by atoms with Crippen LogP contribution in [0.2, 0.25) is 0 Å². The number of hydrogen-bond acceptors (Lipinski definition) is 3. The Bertz CT molecular complexity index is 510. The summed E-state index contributed by atoms with van der Waals surface area (Å²) in [4.78, 5) is 12.0. The fourth-order valence-electron chi connectivity index (χ4n) is 3.71. The van der Waals surface area contributed by atoms with Gasteiger partial charge in [-0.2, -0.15) is 17.2 Å². The van der Waals surface area contributed by atoms with Gasteiger partial charge < -0.3 is 5.32 Å². The quantitative estimate of drug-likeness (QED) is 0.744. The summed E-state index contributed by atoms with van der Waals surface area (Å²) in [5.41, 5.74) is 0. The average molecular weight is 353 g/mol. The number of nitrogens with one attached hydrogen (secondary N) is 1. The first-order valence-corrected chi connectivity index (χ1v) is 9.78. The highest BCUT2D eigenvalue weighted by Gasteiger charge is 2.52. The molecule has 8 heteroatoms. The van der Waals surface area contributed by atoms with E-state index in [-0.39, 0.29) is 30.7 Å². The van der Waals surface area contributed by atoms with Crippen molar-refractivity contribution in [3.63, 3.8) is 0 Å². The molecule has 0 aromatic rings. The van der Waals surface area contributed by atoms with Gasteiger partial charge in [-0.05, 0) is 44.4 Å². The maximum absolute atomic E-state index is 13.6. The standard InChI is InChI=1S/C15H25F2NO4S/c16-15(17,23(20,21)22)12-8-6-11(7-9-12)10-14(19)18-13-4-2-1-3-5-13/h11-13H,1-10H2,(H,18,19)(H,20,21,22). The molecule has 0 heterocycles. The summed E-state index contributed by atoms with van der Waals surface area (Å²) < 4.78 is 57.4. The second kappa shape index (κ2) is 7.42. The highest BCUT2D eigenvalue weighted by molar-refractivity contribution is 7.86. The fraction of sp³-hybridized carbons (Fsp3) is 0.933. The van der Waals surface area contributed by atoms with Gasteiger partial charge in [0.1, 0.15) is 0 Å². The smallest absolute Gasteiger partial charge is 0.353 e. The molecule has 0 saturated heterocycles. The third-order valence-electron chi connectivity index (χ3n) is 5.11. The minimum atomic E-state index is -5.37. The fourth-order valence-corrected chi connectivity index (χ4v) is 4.37. The molecule has 2 saturated carbocycles. The minimum absolute atomic E-state index is 0.00652. The number of carbonyl (C=O) groups excluding carboxylic acids is 1. The molecule has 2 aliphatic carbocycles. The van der Waals surface area contributed by atoms with E-state index in [1.165, 1.54) is 6.42 Å². The van der Waals surface area contributed by atoms with Gasteiger partial charge in [0.25, 0.3) is 0 Å². The molecule has 2 N–H and O–H groups in total. The van der Waals surface area contributed by atoms with E-state index in [1.807, 2.05) is 0 Å². The zero-order valence-corrected chi connectivity index (χ0v) is 14.0. The largest absolute Gasteiger partial charge is 0.372 e. The van der Waals surface area contributed by atoms with Crippen molar-refractivity contribution in [2.45, 2.75) is 75.5 Å². The van der Waals surface area contributed by atoms with Gasteiger partial charge in [-0.15, -0.1) is 0 Å². The summed E-state index contributed by atoms with van der Waals surface area (Å²) >= 11 is 0. The van der Waals surface area contributed by atoms with E-state index in [9.17, 15) is 22.0 Å². The number of carbonyl (C=O) groups is 1. The Morgan fingerprint density at radius 2 is 1.61 bits per heavy atom. The first-order chi connectivity index (χ1) is 10.7. The van der Waals surface area contributed by atoms with Gasteiger partial charge in [-0.3, -0.25) is 9.35 Å². The van der Waals surface area contributed by atoms with Crippen LogP contribution in [0.3, 0.4) is 0 Å². The lowest BCUT2D eigenvalue weighted by atomic mass is 9.80. The molecule has 0 aliphatic heterocycles. The molecule has 2 rings (SSSR count). The Labute approximate surface area is 136 Å². The van der Waals surface area contributed by atoms with Crippen LogP contribution in [0.5, 0.6) is 0 Å². The average Bonchev–Trinajstić information content (AvgIpc) is 2.47. The SMILES string of the molecule is O=C(CC1CCC(C(F)(F)S(=O)(=O)O)CC1)NC1CCCCC1. The monoisotopic (exact) mass is 353 g/mol. The molecule has 0 bridgehead atoms. The Hall–Kier alpha value is -0.760. The summed E-state index contributed by atoms with van der Waals surface area (Å²) in [5.74, 6) is -1.40. The summed E-state index contributed by atoms with van der Waals surface area (Å²) in [6.45, 7) is 0.